The summed E-state index contributed by atoms with van der Waals surface area (Å²) in [6.45, 7) is 3.29. The van der Waals surface area contributed by atoms with Gasteiger partial charge in [0, 0.05) is 18.3 Å². The Morgan fingerprint density at radius 1 is 0.885 bits per heavy atom. The van der Waals surface area contributed by atoms with Crippen molar-refractivity contribution < 1.29 is 23.9 Å². The van der Waals surface area contributed by atoms with Crippen LogP contribution in [0.1, 0.15) is 24.2 Å². The van der Waals surface area contributed by atoms with Crippen LogP contribution in [0.2, 0.25) is 0 Å². The van der Waals surface area contributed by atoms with Gasteiger partial charge in [-0.15, -0.1) is 0 Å². The molecule has 0 atom stereocenters. The molecular weight excluding hydrogens is 336 g/mol. The highest BCUT2D eigenvalue weighted by Gasteiger charge is 2.07. The van der Waals surface area contributed by atoms with Gasteiger partial charge in [-0.2, -0.15) is 0 Å². The van der Waals surface area contributed by atoms with Crippen LogP contribution in [0, 0.1) is 0 Å². The fourth-order valence-corrected chi connectivity index (χ4v) is 2.09. The summed E-state index contributed by atoms with van der Waals surface area (Å²) in [5.74, 6) is -0.426. The number of rotatable bonds is 7. The normalized spacial score (nSPS) is 9.92. The van der Waals surface area contributed by atoms with Crippen molar-refractivity contribution in [2.75, 3.05) is 23.8 Å². The van der Waals surface area contributed by atoms with Crippen molar-refractivity contribution in [3.8, 4) is 5.75 Å². The number of carbonyl (C=O) groups is 3. The highest BCUT2D eigenvalue weighted by molar-refractivity contribution is 5.93. The van der Waals surface area contributed by atoms with E-state index < -0.39 is 5.97 Å². The van der Waals surface area contributed by atoms with Crippen LogP contribution in [0.5, 0.6) is 5.75 Å². The molecule has 136 valence electrons. The molecule has 26 heavy (non-hydrogen) atoms. The van der Waals surface area contributed by atoms with Gasteiger partial charge in [0.05, 0.1) is 12.2 Å². The van der Waals surface area contributed by atoms with Gasteiger partial charge in [0.1, 0.15) is 5.75 Å². The predicted molar refractivity (Wildman–Crippen MR) is 97.3 cm³/mol. The maximum absolute atomic E-state index is 11.9. The second kappa shape index (κ2) is 9.22. The van der Waals surface area contributed by atoms with Crippen molar-refractivity contribution >= 4 is 29.2 Å². The lowest BCUT2D eigenvalue weighted by atomic mass is 10.2. The van der Waals surface area contributed by atoms with Gasteiger partial charge in [0.2, 0.25) is 5.91 Å². The summed E-state index contributed by atoms with van der Waals surface area (Å²) in [5, 5.41) is 5.33. The Labute approximate surface area is 151 Å². The molecule has 0 bridgehead atoms. The van der Waals surface area contributed by atoms with E-state index in [-0.39, 0.29) is 18.4 Å². The van der Waals surface area contributed by atoms with Crippen LogP contribution in [0.25, 0.3) is 0 Å². The number of benzene rings is 2. The van der Waals surface area contributed by atoms with Crippen molar-refractivity contribution in [1.29, 1.82) is 0 Å². The highest BCUT2D eigenvalue weighted by Crippen LogP contribution is 2.15. The molecule has 0 spiro atoms. The first-order valence-electron chi connectivity index (χ1n) is 8.05. The molecule has 0 aromatic heterocycles. The summed E-state index contributed by atoms with van der Waals surface area (Å²) in [4.78, 5) is 34.5. The minimum atomic E-state index is -0.403. The lowest BCUT2D eigenvalue weighted by Gasteiger charge is -2.09. The van der Waals surface area contributed by atoms with Gasteiger partial charge in [-0.05, 0) is 55.5 Å². The Morgan fingerprint density at radius 3 is 2.00 bits per heavy atom. The van der Waals surface area contributed by atoms with Crippen LogP contribution in [-0.2, 0) is 14.3 Å². The molecule has 0 fully saturated rings. The summed E-state index contributed by atoms with van der Waals surface area (Å²) in [6, 6.07) is 13.1. The number of amides is 2. The zero-order valence-corrected chi connectivity index (χ0v) is 14.6. The topological polar surface area (TPSA) is 93.7 Å². The average molecular weight is 356 g/mol. The van der Waals surface area contributed by atoms with E-state index in [1.807, 2.05) is 0 Å². The molecule has 2 N–H and O–H groups in total. The van der Waals surface area contributed by atoms with Gasteiger partial charge in [-0.1, -0.05) is 0 Å². The zero-order valence-electron chi connectivity index (χ0n) is 14.6. The average Bonchev–Trinajstić information content (AvgIpc) is 2.62. The van der Waals surface area contributed by atoms with Crippen LogP contribution in [0.3, 0.4) is 0 Å². The summed E-state index contributed by atoms with van der Waals surface area (Å²) in [6.07, 6.45) is 0. The molecule has 2 aromatic carbocycles. The molecule has 2 amide bonds. The van der Waals surface area contributed by atoms with E-state index in [2.05, 4.69) is 10.6 Å². The van der Waals surface area contributed by atoms with E-state index in [9.17, 15) is 14.4 Å². The Balaban J connectivity index is 1.83. The number of nitrogens with one attached hydrogen (secondary N) is 2. The van der Waals surface area contributed by atoms with Crippen LogP contribution in [-0.4, -0.2) is 31.0 Å². The van der Waals surface area contributed by atoms with Crippen molar-refractivity contribution in [1.82, 2.24) is 0 Å². The third-order valence-electron chi connectivity index (χ3n) is 3.22. The molecule has 2 rings (SSSR count). The molecule has 0 unspecified atom stereocenters. The fourth-order valence-electron chi connectivity index (χ4n) is 2.09. The van der Waals surface area contributed by atoms with Crippen LogP contribution in [0.15, 0.2) is 48.5 Å². The second-order valence-corrected chi connectivity index (χ2v) is 5.34. The van der Waals surface area contributed by atoms with Gasteiger partial charge in [-0.3, -0.25) is 9.59 Å². The van der Waals surface area contributed by atoms with E-state index in [0.29, 0.717) is 29.3 Å². The van der Waals surface area contributed by atoms with Crippen molar-refractivity contribution in [2.45, 2.75) is 13.8 Å². The van der Waals surface area contributed by atoms with Gasteiger partial charge in [0.25, 0.3) is 5.91 Å². The minimum absolute atomic E-state index is 0.163. The Kier molecular flexibility index (Phi) is 6.73. The third-order valence-corrected chi connectivity index (χ3v) is 3.22. The molecular formula is C19H20N2O5. The lowest BCUT2D eigenvalue weighted by molar-refractivity contribution is -0.118. The van der Waals surface area contributed by atoms with Crippen LogP contribution >= 0.6 is 0 Å². The number of ether oxygens (including phenoxy) is 2. The van der Waals surface area contributed by atoms with E-state index in [4.69, 9.17) is 9.47 Å². The zero-order chi connectivity index (χ0) is 18.9. The predicted octanol–water partition coefficient (Wildman–Crippen LogP) is 2.84. The van der Waals surface area contributed by atoms with Crippen LogP contribution in [0.4, 0.5) is 11.4 Å². The summed E-state index contributed by atoms with van der Waals surface area (Å²) in [5.41, 5.74) is 1.65. The third kappa shape index (κ3) is 5.94. The largest absolute Gasteiger partial charge is 0.484 e. The van der Waals surface area contributed by atoms with E-state index in [0.717, 1.165) is 0 Å². The number of esters is 1. The van der Waals surface area contributed by atoms with Gasteiger partial charge in [0.15, 0.2) is 6.61 Å². The monoisotopic (exact) mass is 356 g/mol. The molecule has 0 aliphatic carbocycles. The van der Waals surface area contributed by atoms with E-state index >= 15 is 0 Å². The van der Waals surface area contributed by atoms with Crippen molar-refractivity contribution in [2.24, 2.45) is 0 Å². The second-order valence-electron chi connectivity index (χ2n) is 5.34. The summed E-state index contributed by atoms with van der Waals surface area (Å²) < 4.78 is 10.3. The molecule has 7 heteroatoms. The van der Waals surface area contributed by atoms with E-state index in [1.54, 1.807) is 55.5 Å². The molecule has 7 nitrogen and oxygen atoms in total. The highest BCUT2D eigenvalue weighted by atomic mass is 16.5. The smallest absolute Gasteiger partial charge is 0.338 e. The number of hydrogen-bond acceptors (Lipinski definition) is 5. The first kappa shape index (κ1) is 19.0. The number of hydrogen-bond donors (Lipinski definition) is 2. The maximum Gasteiger partial charge on any atom is 0.338 e. The lowest BCUT2D eigenvalue weighted by Crippen LogP contribution is -2.20. The van der Waals surface area contributed by atoms with Gasteiger partial charge < -0.3 is 20.1 Å². The molecule has 0 aliphatic heterocycles. The van der Waals surface area contributed by atoms with E-state index in [1.165, 1.54) is 6.92 Å². The quantitative estimate of drug-likeness (QED) is 0.744. The van der Waals surface area contributed by atoms with Crippen LogP contribution < -0.4 is 15.4 Å². The summed E-state index contributed by atoms with van der Waals surface area (Å²) in [7, 11) is 0. The van der Waals surface area contributed by atoms with Gasteiger partial charge in [-0.25, -0.2) is 4.79 Å². The molecule has 0 saturated carbocycles. The standard InChI is InChI=1S/C19H20N2O5/c1-3-25-19(24)14-4-10-17(11-5-14)26-12-18(23)21-16-8-6-15(7-9-16)20-13(2)22/h4-11H,3,12H2,1-2H3,(H,20,22)(H,21,23). The molecule has 0 radical (unpaired) electrons. The summed E-state index contributed by atoms with van der Waals surface area (Å²) >= 11 is 0. The maximum atomic E-state index is 11.9. The SMILES string of the molecule is CCOC(=O)c1ccc(OCC(=O)Nc2ccc(NC(C)=O)cc2)cc1. The number of carbonyl (C=O) groups excluding carboxylic acids is 3. The Bertz CT molecular complexity index is 770. The molecule has 0 heterocycles. The fraction of sp³-hybridized carbons (Fsp3) is 0.211. The number of anilines is 2. The molecule has 0 aliphatic rings. The first-order chi connectivity index (χ1) is 12.5. The minimum Gasteiger partial charge on any atom is -0.484 e. The Hall–Kier alpha value is -3.35. The van der Waals surface area contributed by atoms with Gasteiger partial charge >= 0.3 is 5.97 Å². The van der Waals surface area contributed by atoms with Crippen molar-refractivity contribution in [3.05, 3.63) is 54.1 Å². The molecule has 2 aromatic rings. The van der Waals surface area contributed by atoms with Crippen molar-refractivity contribution in [3.63, 3.8) is 0 Å². The Morgan fingerprint density at radius 2 is 1.46 bits per heavy atom. The first-order valence-corrected chi connectivity index (χ1v) is 8.05. The molecule has 0 saturated heterocycles.